The summed E-state index contributed by atoms with van der Waals surface area (Å²) < 4.78 is 5.31. The first-order chi connectivity index (χ1) is 6.97. The summed E-state index contributed by atoms with van der Waals surface area (Å²) in [6.45, 7) is 7.99. The average molecular weight is 213 g/mol. The molecule has 1 atom stereocenters. The summed E-state index contributed by atoms with van der Waals surface area (Å²) in [6, 6.07) is 0.242. The minimum Gasteiger partial charge on any atom is -0.379 e. The van der Waals surface area contributed by atoms with E-state index in [9.17, 15) is 4.79 Å². The molecule has 0 aromatic rings. The Morgan fingerprint density at radius 3 is 2.73 bits per heavy atom. The second-order valence-electron chi connectivity index (χ2n) is 5.54. The van der Waals surface area contributed by atoms with Crippen molar-refractivity contribution in [1.82, 2.24) is 5.32 Å². The van der Waals surface area contributed by atoms with E-state index in [2.05, 4.69) is 26.1 Å². The number of ether oxygens (including phenoxy) is 1. The van der Waals surface area contributed by atoms with Gasteiger partial charge in [-0.2, -0.15) is 0 Å². The van der Waals surface area contributed by atoms with E-state index in [-0.39, 0.29) is 17.4 Å². The number of nitrogens with one attached hydrogen (secondary N) is 1. The van der Waals surface area contributed by atoms with Crippen LogP contribution in [0, 0.1) is 5.41 Å². The molecule has 1 N–H and O–H groups in total. The van der Waals surface area contributed by atoms with Crippen molar-refractivity contribution in [2.45, 2.75) is 52.5 Å². The zero-order valence-electron chi connectivity index (χ0n) is 10.1. The molecule has 3 heteroatoms. The summed E-state index contributed by atoms with van der Waals surface area (Å²) in [6.07, 6.45) is 3.68. The molecular formula is C12H23NO2. The molecule has 0 unspecified atom stereocenters. The highest BCUT2D eigenvalue weighted by atomic mass is 16.5. The van der Waals surface area contributed by atoms with E-state index in [1.165, 1.54) is 0 Å². The van der Waals surface area contributed by atoms with Crippen molar-refractivity contribution in [2.24, 2.45) is 5.41 Å². The number of amides is 1. The fraction of sp³-hybridized carbons (Fsp3) is 0.917. The first-order valence-electron chi connectivity index (χ1n) is 5.84. The van der Waals surface area contributed by atoms with Gasteiger partial charge in [0.15, 0.2) is 0 Å². The summed E-state index contributed by atoms with van der Waals surface area (Å²) >= 11 is 0. The minimum absolute atomic E-state index is 0.167. The van der Waals surface area contributed by atoms with Gasteiger partial charge in [0.05, 0.1) is 12.6 Å². The van der Waals surface area contributed by atoms with Gasteiger partial charge in [-0.3, -0.25) is 4.79 Å². The average Bonchev–Trinajstić information content (AvgIpc) is 2.15. The topological polar surface area (TPSA) is 38.3 Å². The Hall–Kier alpha value is -0.570. The molecule has 0 saturated carbocycles. The van der Waals surface area contributed by atoms with Crippen LogP contribution in [0.1, 0.15) is 46.5 Å². The lowest BCUT2D eigenvalue weighted by Crippen LogP contribution is -2.40. The third-order valence-electron chi connectivity index (χ3n) is 2.63. The van der Waals surface area contributed by atoms with Crippen LogP contribution in [0.25, 0.3) is 0 Å². The van der Waals surface area contributed by atoms with Crippen molar-refractivity contribution in [3.8, 4) is 0 Å². The Balaban J connectivity index is 2.17. The summed E-state index contributed by atoms with van der Waals surface area (Å²) in [4.78, 5) is 11.6. The van der Waals surface area contributed by atoms with E-state index in [4.69, 9.17) is 4.74 Å². The summed E-state index contributed by atoms with van der Waals surface area (Å²) in [5.41, 5.74) is 0.237. The highest BCUT2D eigenvalue weighted by Crippen LogP contribution is 2.20. The third-order valence-corrected chi connectivity index (χ3v) is 2.63. The molecule has 0 radical (unpaired) electrons. The van der Waals surface area contributed by atoms with Crippen LogP contribution in [0.4, 0.5) is 0 Å². The molecule has 1 saturated heterocycles. The van der Waals surface area contributed by atoms with Crippen LogP contribution in [0.3, 0.4) is 0 Å². The molecule has 1 amide bonds. The van der Waals surface area contributed by atoms with E-state index >= 15 is 0 Å². The number of rotatable bonds is 3. The SMILES string of the molecule is CC(C)(C)CCC(=O)N[C@@H]1CCCOC1. The van der Waals surface area contributed by atoms with Crippen LogP contribution in [-0.2, 0) is 9.53 Å². The van der Waals surface area contributed by atoms with Gasteiger partial charge in [0.2, 0.25) is 5.91 Å². The lowest BCUT2D eigenvalue weighted by molar-refractivity contribution is -0.123. The number of hydrogen-bond acceptors (Lipinski definition) is 2. The summed E-state index contributed by atoms with van der Waals surface area (Å²) in [7, 11) is 0. The fourth-order valence-electron chi connectivity index (χ4n) is 1.64. The van der Waals surface area contributed by atoms with Crippen molar-refractivity contribution in [2.75, 3.05) is 13.2 Å². The van der Waals surface area contributed by atoms with E-state index in [0.717, 1.165) is 25.9 Å². The Labute approximate surface area is 92.6 Å². The maximum atomic E-state index is 11.6. The first kappa shape index (κ1) is 12.5. The summed E-state index contributed by atoms with van der Waals surface area (Å²) in [5, 5.41) is 3.03. The maximum Gasteiger partial charge on any atom is 0.220 e. The van der Waals surface area contributed by atoms with E-state index < -0.39 is 0 Å². The second-order valence-corrected chi connectivity index (χ2v) is 5.54. The second kappa shape index (κ2) is 5.50. The van der Waals surface area contributed by atoms with Gasteiger partial charge in [-0.05, 0) is 24.7 Å². The van der Waals surface area contributed by atoms with Crippen LogP contribution in [0.2, 0.25) is 0 Å². The standard InChI is InChI=1S/C12H23NO2/c1-12(2,3)7-6-11(14)13-10-5-4-8-15-9-10/h10H,4-9H2,1-3H3,(H,13,14)/t10-/m1/s1. The smallest absolute Gasteiger partial charge is 0.220 e. The maximum absolute atomic E-state index is 11.6. The predicted octanol–water partition coefficient (Wildman–Crippen LogP) is 2.11. The zero-order chi connectivity index (χ0) is 11.3. The van der Waals surface area contributed by atoms with Gasteiger partial charge >= 0.3 is 0 Å². The van der Waals surface area contributed by atoms with E-state index in [0.29, 0.717) is 13.0 Å². The van der Waals surface area contributed by atoms with Crippen LogP contribution >= 0.6 is 0 Å². The third kappa shape index (κ3) is 5.78. The van der Waals surface area contributed by atoms with Crippen molar-refractivity contribution in [3.05, 3.63) is 0 Å². The van der Waals surface area contributed by atoms with Gasteiger partial charge in [0, 0.05) is 13.0 Å². The molecule has 0 spiro atoms. The van der Waals surface area contributed by atoms with Crippen molar-refractivity contribution in [1.29, 1.82) is 0 Å². The Morgan fingerprint density at radius 2 is 2.20 bits per heavy atom. The molecule has 0 bridgehead atoms. The largest absolute Gasteiger partial charge is 0.379 e. The van der Waals surface area contributed by atoms with E-state index in [1.54, 1.807) is 0 Å². The van der Waals surface area contributed by atoms with Crippen LogP contribution in [-0.4, -0.2) is 25.2 Å². The summed E-state index contributed by atoms with van der Waals surface area (Å²) in [5.74, 6) is 0.167. The lowest BCUT2D eigenvalue weighted by Gasteiger charge is -2.24. The van der Waals surface area contributed by atoms with Gasteiger partial charge in [0.1, 0.15) is 0 Å². The number of carbonyl (C=O) groups excluding carboxylic acids is 1. The molecule has 0 aromatic carbocycles. The van der Waals surface area contributed by atoms with Gasteiger partial charge < -0.3 is 10.1 Å². The molecule has 0 aliphatic carbocycles. The Kier molecular flexibility index (Phi) is 4.58. The van der Waals surface area contributed by atoms with Gasteiger partial charge in [-0.25, -0.2) is 0 Å². The molecular weight excluding hydrogens is 190 g/mol. The van der Waals surface area contributed by atoms with Crippen LogP contribution in [0.15, 0.2) is 0 Å². The Bertz CT molecular complexity index is 202. The highest BCUT2D eigenvalue weighted by molar-refractivity contribution is 5.76. The van der Waals surface area contributed by atoms with Gasteiger partial charge in [0.25, 0.3) is 0 Å². The molecule has 15 heavy (non-hydrogen) atoms. The molecule has 1 heterocycles. The molecule has 1 aliphatic heterocycles. The fourth-order valence-corrected chi connectivity index (χ4v) is 1.64. The molecule has 0 aromatic heterocycles. The quantitative estimate of drug-likeness (QED) is 0.779. The van der Waals surface area contributed by atoms with Crippen molar-refractivity contribution in [3.63, 3.8) is 0 Å². The molecule has 88 valence electrons. The van der Waals surface area contributed by atoms with E-state index in [1.807, 2.05) is 0 Å². The van der Waals surface area contributed by atoms with Crippen molar-refractivity contribution >= 4 is 5.91 Å². The number of carbonyl (C=O) groups is 1. The zero-order valence-corrected chi connectivity index (χ0v) is 10.1. The lowest BCUT2D eigenvalue weighted by atomic mass is 9.90. The molecule has 3 nitrogen and oxygen atoms in total. The van der Waals surface area contributed by atoms with Gasteiger partial charge in [-0.15, -0.1) is 0 Å². The van der Waals surface area contributed by atoms with Crippen molar-refractivity contribution < 1.29 is 9.53 Å². The number of hydrogen-bond donors (Lipinski definition) is 1. The molecule has 1 aliphatic rings. The highest BCUT2D eigenvalue weighted by Gasteiger charge is 2.18. The first-order valence-corrected chi connectivity index (χ1v) is 5.84. The predicted molar refractivity (Wildman–Crippen MR) is 60.7 cm³/mol. The molecule has 1 fully saturated rings. The Morgan fingerprint density at radius 1 is 1.47 bits per heavy atom. The van der Waals surface area contributed by atoms with Crippen LogP contribution < -0.4 is 5.32 Å². The normalized spacial score (nSPS) is 22.5. The monoisotopic (exact) mass is 213 g/mol. The minimum atomic E-state index is 0.167. The van der Waals surface area contributed by atoms with Crippen LogP contribution in [0.5, 0.6) is 0 Å². The van der Waals surface area contributed by atoms with Gasteiger partial charge in [-0.1, -0.05) is 20.8 Å². The molecule has 1 rings (SSSR count).